The fourth-order valence-corrected chi connectivity index (χ4v) is 2.50. The second kappa shape index (κ2) is 5.99. The van der Waals surface area contributed by atoms with E-state index in [4.69, 9.17) is 4.74 Å². The second-order valence-electron chi connectivity index (χ2n) is 6.12. The van der Waals surface area contributed by atoms with Crippen LogP contribution in [0.15, 0.2) is 0 Å². The third kappa shape index (κ3) is 3.42. The summed E-state index contributed by atoms with van der Waals surface area (Å²) in [4.78, 5) is 25.7. The molecule has 0 unspecified atom stereocenters. The highest BCUT2D eigenvalue weighted by Gasteiger charge is 2.43. The maximum atomic E-state index is 12.4. The van der Waals surface area contributed by atoms with E-state index in [9.17, 15) is 14.7 Å². The number of carbonyl (C=O) groups excluding carboxylic acids is 1. The van der Waals surface area contributed by atoms with Crippen LogP contribution in [-0.2, 0) is 9.53 Å². The highest BCUT2D eigenvalue weighted by atomic mass is 16.5. The molecule has 2 N–H and O–H groups in total. The van der Waals surface area contributed by atoms with E-state index in [1.807, 2.05) is 13.8 Å². The first-order chi connectivity index (χ1) is 9.44. The third-order valence-electron chi connectivity index (χ3n) is 4.14. The van der Waals surface area contributed by atoms with E-state index < -0.39 is 11.5 Å². The van der Waals surface area contributed by atoms with Gasteiger partial charge in [-0.25, -0.2) is 9.59 Å². The van der Waals surface area contributed by atoms with Gasteiger partial charge in [-0.15, -0.1) is 0 Å². The summed E-state index contributed by atoms with van der Waals surface area (Å²) >= 11 is 0. The van der Waals surface area contributed by atoms with Crippen LogP contribution in [-0.4, -0.2) is 53.3 Å². The molecule has 2 fully saturated rings. The lowest BCUT2D eigenvalue weighted by Gasteiger charge is -2.37. The van der Waals surface area contributed by atoms with Gasteiger partial charge in [0.15, 0.2) is 0 Å². The van der Waals surface area contributed by atoms with E-state index in [1.54, 1.807) is 4.90 Å². The first kappa shape index (κ1) is 15.1. The average molecular weight is 284 g/mol. The van der Waals surface area contributed by atoms with Crippen molar-refractivity contribution in [3.8, 4) is 0 Å². The lowest BCUT2D eigenvalue weighted by Crippen LogP contribution is -2.61. The van der Waals surface area contributed by atoms with Crippen molar-refractivity contribution in [1.82, 2.24) is 10.2 Å². The molecule has 6 heteroatoms. The van der Waals surface area contributed by atoms with Crippen LogP contribution in [0.2, 0.25) is 0 Å². The first-order valence-electron chi connectivity index (χ1n) is 7.34. The fourth-order valence-electron chi connectivity index (χ4n) is 2.50. The fraction of sp³-hybridized carbons (Fsp3) is 0.857. The maximum absolute atomic E-state index is 12.4. The number of carbonyl (C=O) groups is 2. The third-order valence-corrected chi connectivity index (χ3v) is 4.14. The van der Waals surface area contributed by atoms with Gasteiger partial charge in [-0.1, -0.05) is 0 Å². The quantitative estimate of drug-likeness (QED) is 0.801. The summed E-state index contributed by atoms with van der Waals surface area (Å²) in [5.74, 6) is -0.386. The minimum absolute atomic E-state index is 0.0706. The van der Waals surface area contributed by atoms with E-state index >= 15 is 0 Å². The standard InChI is InChI=1S/C14H24N2O4/c1-10(2)16(9-11-3-4-11)13(19)15-14(12(17)18)5-7-20-8-6-14/h10-11H,3-9H2,1-2H3,(H,15,19)(H,17,18). The van der Waals surface area contributed by atoms with Crippen LogP contribution < -0.4 is 5.32 Å². The van der Waals surface area contributed by atoms with Crippen molar-refractivity contribution in [2.75, 3.05) is 19.8 Å². The Morgan fingerprint density at radius 3 is 2.40 bits per heavy atom. The van der Waals surface area contributed by atoms with Gasteiger partial charge in [0.2, 0.25) is 0 Å². The normalized spacial score (nSPS) is 21.6. The van der Waals surface area contributed by atoms with Crippen LogP contribution in [0.3, 0.4) is 0 Å². The van der Waals surface area contributed by atoms with Crippen LogP contribution in [0.25, 0.3) is 0 Å². The predicted octanol–water partition coefficient (Wildman–Crippen LogP) is 1.45. The molecule has 0 bridgehead atoms. The molecule has 2 aliphatic rings. The van der Waals surface area contributed by atoms with Gasteiger partial charge < -0.3 is 20.1 Å². The van der Waals surface area contributed by atoms with Gasteiger partial charge in [0, 0.05) is 38.6 Å². The molecule has 1 aliphatic carbocycles. The monoisotopic (exact) mass is 284 g/mol. The molecule has 1 aliphatic heterocycles. The number of nitrogens with one attached hydrogen (secondary N) is 1. The number of nitrogens with zero attached hydrogens (tertiary/aromatic N) is 1. The van der Waals surface area contributed by atoms with Crippen LogP contribution in [0.1, 0.15) is 39.5 Å². The molecule has 0 aromatic rings. The highest BCUT2D eigenvalue weighted by Crippen LogP contribution is 2.30. The zero-order chi connectivity index (χ0) is 14.8. The number of amides is 2. The number of hydrogen-bond acceptors (Lipinski definition) is 3. The Kier molecular flexibility index (Phi) is 4.52. The number of carboxylic acid groups (broad SMARTS) is 1. The minimum Gasteiger partial charge on any atom is -0.480 e. The Morgan fingerprint density at radius 1 is 1.35 bits per heavy atom. The van der Waals surface area contributed by atoms with Crippen LogP contribution >= 0.6 is 0 Å². The van der Waals surface area contributed by atoms with Crippen LogP contribution in [0, 0.1) is 5.92 Å². The van der Waals surface area contributed by atoms with E-state index in [2.05, 4.69) is 5.32 Å². The van der Waals surface area contributed by atoms with Crippen molar-refractivity contribution in [2.45, 2.75) is 51.1 Å². The zero-order valence-electron chi connectivity index (χ0n) is 12.2. The van der Waals surface area contributed by atoms with Crippen molar-refractivity contribution < 1.29 is 19.4 Å². The number of hydrogen-bond donors (Lipinski definition) is 2. The lowest BCUT2D eigenvalue weighted by atomic mass is 9.90. The summed E-state index contributed by atoms with van der Waals surface area (Å²) in [7, 11) is 0. The molecule has 2 rings (SSSR count). The van der Waals surface area contributed by atoms with Crippen molar-refractivity contribution >= 4 is 12.0 Å². The molecule has 0 aromatic heterocycles. The predicted molar refractivity (Wildman–Crippen MR) is 73.5 cm³/mol. The molecule has 0 radical (unpaired) electrons. The first-order valence-corrected chi connectivity index (χ1v) is 7.34. The largest absolute Gasteiger partial charge is 0.480 e. The highest BCUT2D eigenvalue weighted by molar-refractivity contribution is 5.86. The Balaban J connectivity index is 2.03. The van der Waals surface area contributed by atoms with Gasteiger partial charge in [0.05, 0.1) is 0 Å². The lowest BCUT2D eigenvalue weighted by molar-refractivity contribution is -0.148. The molecular weight excluding hydrogens is 260 g/mol. The topological polar surface area (TPSA) is 78.9 Å². The number of rotatable bonds is 5. The van der Waals surface area contributed by atoms with E-state index in [0.29, 0.717) is 32.0 Å². The van der Waals surface area contributed by atoms with Crippen LogP contribution in [0.4, 0.5) is 4.79 Å². The molecule has 1 saturated carbocycles. The number of ether oxygens (including phenoxy) is 1. The van der Waals surface area contributed by atoms with E-state index in [0.717, 1.165) is 19.4 Å². The number of urea groups is 1. The number of carboxylic acids is 1. The molecule has 0 aromatic carbocycles. The van der Waals surface area contributed by atoms with Gasteiger partial charge in [0.1, 0.15) is 5.54 Å². The van der Waals surface area contributed by atoms with Crippen molar-refractivity contribution in [3.05, 3.63) is 0 Å². The second-order valence-corrected chi connectivity index (χ2v) is 6.12. The van der Waals surface area contributed by atoms with Crippen molar-refractivity contribution in [1.29, 1.82) is 0 Å². The Bertz CT molecular complexity index is 373. The number of aliphatic carboxylic acids is 1. The summed E-state index contributed by atoms with van der Waals surface area (Å²) in [5.41, 5.74) is -1.17. The SMILES string of the molecule is CC(C)N(CC1CC1)C(=O)NC1(C(=O)O)CCOCC1. The Hall–Kier alpha value is -1.30. The van der Waals surface area contributed by atoms with Gasteiger partial charge in [-0.2, -0.15) is 0 Å². The summed E-state index contributed by atoms with van der Waals surface area (Å²) in [6, 6.07) is -0.197. The smallest absolute Gasteiger partial charge is 0.329 e. The summed E-state index contributed by atoms with van der Waals surface area (Å²) in [6.45, 7) is 5.38. The van der Waals surface area contributed by atoms with Gasteiger partial charge in [0.25, 0.3) is 0 Å². The maximum Gasteiger partial charge on any atom is 0.329 e. The van der Waals surface area contributed by atoms with Gasteiger partial charge in [-0.3, -0.25) is 0 Å². The van der Waals surface area contributed by atoms with Gasteiger partial charge in [-0.05, 0) is 32.6 Å². The minimum atomic E-state index is -1.17. The Labute approximate surface area is 119 Å². The molecule has 1 heterocycles. The van der Waals surface area contributed by atoms with Gasteiger partial charge >= 0.3 is 12.0 Å². The van der Waals surface area contributed by atoms with Crippen molar-refractivity contribution in [2.24, 2.45) is 5.92 Å². The molecule has 0 spiro atoms. The molecular formula is C14H24N2O4. The van der Waals surface area contributed by atoms with Crippen LogP contribution in [0.5, 0.6) is 0 Å². The van der Waals surface area contributed by atoms with E-state index in [-0.39, 0.29) is 12.1 Å². The Morgan fingerprint density at radius 2 is 1.95 bits per heavy atom. The molecule has 2 amide bonds. The summed E-state index contributed by atoms with van der Waals surface area (Å²) < 4.78 is 5.21. The van der Waals surface area contributed by atoms with E-state index in [1.165, 1.54) is 0 Å². The molecule has 6 nitrogen and oxygen atoms in total. The summed E-state index contributed by atoms with van der Waals surface area (Å²) in [5, 5.41) is 12.2. The summed E-state index contributed by atoms with van der Waals surface area (Å²) in [6.07, 6.45) is 2.97. The van der Waals surface area contributed by atoms with Crippen molar-refractivity contribution in [3.63, 3.8) is 0 Å². The molecule has 0 atom stereocenters. The molecule has 20 heavy (non-hydrogen) atoms. The molecule has 1 saturated heterocycles. The molecule has 114 valence electrons. The zero-order valence-corrected chi connectivity index (χ0v) is 12.2. The average Bonchev–Trinajstić information content (AvgIpc) is 3.20.